The van der Waals surface area contributed by atoms with Crippen LogP contribution >= 0.6 is 0 Å². The Morgan fingerprint density at radius 1 is 0.800 bits per heavy atom. The van der Waals surface area contributed by atoms with Crippen LogP contribution in [0.25, 0.3) is 0 Å². The lowest BCUT2D eigenvalue weighted by atomic mass is 9.76. The minimum absolute atomic E-state index is 0.0607. The number of amides is 2. The van der Waals surface area contributed by atoms with Crippen LogP contribution in [0.3, 0.4) is 0 Å². The van der Waals surface area contributed by atoms with Crippen molar-refractivity contribution < 1.29 is 28.6 Å². The van der Waals surface area contributed by atoms with Crippen LogP contribution in [0.5, 0.6) is 0 Å². The molecule has 0 spiro atoms. The van der Waals surface area contributed by atoms with Gasteiger partial charge in [-0.25, -0.2) is 19.5 Å². The largest absolute Gasteiger partial charge is 0.468 e. The van der Waals surface area contributed by atoms with Crippen molar-refractivity contribution in [1.82, 2.24) is 14.5 Å². The van der Waals surface area contributed by atoms with Crippen molar-refractivity contribution in [1.29, 1.82) is 0 Å². The fraction of sp³-hybridized carbons (Fsp3) is 0.415. The lowest BCUT2D eigenvalue weighted by molar-refractivity contribution is -0.144. The van der Waals surface area contributed by atoms with Crippen LogP contribution in [-0.4, -0.2) is 57.5 Å². The number of aromatic nitrogens is 2. The molecule has 9 nitrogen and oxygen atoms in total. The maximum absolute atomic E-state index is 13.7. The quantitative estimate of drug-likeness (QED) is 0.0944. The molecule has 0 radical (unpaired) electrons. The maximum atomic E-state index is 13.7. The summed E-state index contributed by atoms with van der Waals surface area (Å²) in [6.45, 7) is 12.5. The summed E-state index contributed by atoms with van der Waals surface area (Å²) >= 11 is 0. The van der Waals surface area contributed by atoms with E-state index in [0.717, 1.165) is 21.6 Å². The van der Waals surface area contributed by atoms with Crippen LogP contribution < -0.4 is 0 Å². The molecular weight excluding hydrogens is 630 g/mol. The summed E-state index contributed by atoms with van der Waals surface area (Å²) in [5.74, 6) is -0.682. The second-order valence-electron chi connectivity index (χ2n) is 15.3. The lowest BCUT2D eigenvalue weighted by Gasteiger charge is -2.37. The number of carbonyl (C=O) groups excluding carboxylic acids is 3. The zero-order chi connectivity index (χ0) is 36.3. The zero-order valence-corrected chi connectivity index (χ0v) is 30.4. The van der Waals surface area contributed by atoms with Gasteiger partial charge in [-0.2, -0.15) is 0 Å². The number of hydrogen-bond acceptors (Lipinski definition) is 7. The Morgan fingerprint density at radius 2 is 1.24 bits per heavy atom. The third kappa shape index (κ3) is 7.47. The molecule has 0 bridgehead atoms. The highest BCUT2D eigenvalue weighted by atomic mass is 16.6. The maximum Gasteiger partial charge on any atom is 0.419 e. The summed E-state index contributed by atoms with van der Waals surface area (Å²) in [5, 5.41) is 0. The fourth-order valence-corrected chi connectivity index (χ4v) is 6.92. The highest BCUT2D eigenvalue weighted by Crippen LogP contribution is 2.58. The first-order valence-electron chi connectivity index (χ1n) is 17.1. The first-order chi connectivity index (χ1) is 23.6. The van der Waals surface area contributed by atoms with E-state index < -0.39 is 34.3 Å². The number of methoxy groups -OCH3 is 1. The van der Waals surface area contributed by atoms with E-state index in [2.05, 4.69) is 41.0 Å². The summed E-state index contributed by atoms with van der Waals surface area (Å²) in [4.78, 5) is 46.0. The van der Waals surface area contributed by atoms with Gasteiger partial charge in [0.2, 0.25) is 0 Å². The van der Waals surface area contributed by atoms with Gasteiger partial charge in [0.1, 0.15) is 22.2 Å². The van der Waals surface area contributed by atoms with Crippen molar-refractivity contribution in [3.05, 3.63) is 126 Å². The molecule has 1 fully saturated rings. The second-order valence-corrected chi connectivity index (χ2v) is 15.3. The fourth-order valence-electron chi connectivity index (χ4n) is 6.92. The number of hydrogen-bond donors (Lipinski definition) is 0. The molecule has 1 heterocycles. The number of esters is 1. The Morgan fingerprint density at radius 3 is 1.64 bits per heavy atom. The van der Waals surface area contributed by atoms with Crippen molar-refractivity contribution in [2.75, 3.05) is 13.7 Å². The Labute approximate surface area is 295 Å². The number of rotatable bonds is 10. The summed E-state index contributed by atoms with van der Waals surface area (Å²) in [7, 11) is 1.40. The van der Waals surface area contributed by atoms with Gasteiger partial charge in [-0.3, -0.25) is 4.79 Å². The standard InChI is InChI=1S/C41H49N3O6/c1-29(26-44(36(46)49-38(2,3)4)37(47)50-39(5,6)7)24-33-25-40(33,35(45)48-8)34-27-43(28-42-34)41(30-18-12-9-13-19-30,31-20-14-10-15-21-31)32-22-16-11-17-23-32/h9-23,27-29,33H,24-26H2,1-8H3/t29?,33-,40+/m0/s1. The van der Waals surface area contributed by atoms with Gasteiger partial charge in [0.15, 0.2) is 0 Å². The monoisotopic (exact) mass is 679 g/mol. The molecule has 50 heavy (non-hydrogen) atoms. The molecule has 0 aliphatic heterocycles. The first kappa shape index (κ1) is 36.4. The van der Waals surface area contributed by atoms with Gasteiger partial charge in [0, 0.05) is 12.7 Å². The third-order valence-electron chi connectivity index (χ3n) is 9.07. The molecule has 3 aromatic carbocycles. The van der Waals surface area contributed by atoms with E-state index in [1.54, 1.807) is 47.9 Å². The molecule has 9 heteroatoms. The van der Waals surface area contributed by atoms with Gasteiger partial charge in [-0.05, 0) is 82.9 Å². The predicted molar refractivity (Wildman–Crippen MR) is 192 cm³/mol. The molecule has 0 saturated heterocycles. The minimum Gasteiger partial charge on any atom is -0.468 e. The molecule has 1 aromatic heterocycles. The topological polar surface area (TPSA) is 100.0 Å². The average molecular weight is 680 g/mol. The number of carbonyl (C=O) groups is 3. The normalized spacial score (nSPS) is 18.1. The molecule has 2 amide bonds. The summed E-state index contributed by atoms with van der Waals surface area (Å²) in [6.07, 6.45) is 3.29. The van der Waals surface area contributed by atoms with Crippen molar-refractivity contribution in [2.24, 2.45) is 11.8 Å². The molecule has 0 N–H and O–H groups in total. The Hall–Kier alpha value is -4.92. The molecule has 1 aliphatic rings. The third-order valence-corrected chi connectivity index (χ3v) is 9.07. The molecule has 1 unspecified atom stereocenters. The van der Waals surface area contributed by atoms with Crippen LogP contribution in [0.2, 0.25) is 0 Å². The Balaban J connectivity index is 1.50. The van der Waals surface area contributed by atoms with Gasteiger partial charge < -0.3 is 18.8 Å². The van der Waals surface area contributed by atoms with E-state index in [4.69, 9.17) is 19.2 Å². The van der Waals surface area contributed by atoms with Crippen LogP contribution in [0, 0.1) is 11.8 Å². The van der Waals surface area contributed by atoms with Crippen LogP contribution in [0.15, 0.2) is 104 Å². The molecule has 4 aromatic rings. The first-order valence-corrected chi connectivity index (χ1v) is 17.1. The SMILES string of the molecule is COC(=O)[C@]1(c2cn(C(c3ccccc3)(c3ccccc3)c3ccccc3)cn2)C[C@@H]1CC(C)CN(C(=O)OC(C)(C)C)C(=O)OC(C)(C)C. The molecule has 264 valence electrons. The Kier molecular flexibility index (Phi) is 10.3. The van der Waals surface area contributed by atoms with E-state index in [0.29, 0.717) is 18.5 Å². The zero-order valence-electron chi connectivity index (χ0n) is 30.4. The summed E-state index contributed by atoms with van der Waals surface area (Å²) in [5.41, 5.74) is 0.369. The van der Waals surface area contributed by atoms with Gasteiger partial charge in [-0.15, -0.1) is 0 Å². The average Bonchev–Trinajstić information content (AvgIpc) is 3.56. The van der Waals surface area contributed by atoms with Crippen LogP contribution in [0.1, 0.15) is 83.7 Å². The molecule has 1 aliphatic carbocycles. The lowest BCUT2D eigenvalue weighted by Crippen LogP contribution is -2.45. The second kappa shape index (κ2) is 14.1. The molecular formula is C41H49N3O6. The molecule has 5 rings (SSSR count). The minimum atomic E-state index is -0.979. The summed E-state index contributed by atoms with van der Waals surface area (Å²) < 4.78 is 18.6. The van der Waals surface area contributed by atoms with E-state index in [9.17, 15) is 14.4 Å². The van der Waals surface area contributed by atoms with Crippen molar-refractivity contribution in [2.45, 2.75) is 83.5 Å². The number of imide groups is 1. The van der Waals surface area contributed by atoms with E-state index >= 15 is 0 Å². The van der Waals surface area contributed by atoms with Crippen molar-refractivity contribution in [3.63, 3.8) is 0 Å². The van der Waals surface area contributed by atoms with Gasteiger partial charge >= 0.3 is 18.2 Å². The number of imidazole rings is 1. The van der Waals surface area contributed by atoms with Crippen LogP contribution in [-0.2, 0) is 30.0 Å². The predicted octanol–water partition coefficient (Wildman–Crippen LogP) is 8.35. The van der Waals surface area contributed by atoms with E-state index in [-0.39, 0.29) is 24.3 Å². The van der Waals surface area contributed by atoms with Crippen LogP contribution in [0.4, 0.5) is 9.59 Å². The number of benzene rings is 3. The van der Waals surface area contributed by atoms with Crippen molar-refractivity contribution in [3.8, 4) is 0 Å². The van der Waals surface area contributed by atoms with E-state index in [1.807, 2.05) is 67.7 Å². The van der Waals surface area contributed by atoms with Gasteiger partial charge in [0.25, 0.3) is 0 Å². The highest BCUT2D eigenvalue weighted by molar-refractivity contribution is 5.88. The van der Waals surface area contributed by atoms with Crippen molar-refractivity contribution >= 4 is 18.2 Å². The summed E-state index contributed by atoms with van der Waals surface area (Å²) in [6, 6.07) is 30.8. The van der Waals surface area contributed by atoms with E-state index in [1.165, 1.54) is 7.11 Å². The number of ether oxygens (including phenoxy) is 3. The number of nitrogens with zero attached hydrogens (tertiary/aromatic N) is 3. The molecule has 3 atom stereocenters. The Bertz CT molecular complexity index is 1650. The molecule has 1 saturated carbocycles. The smallest absolute Gasteiger partial charge is 0.419 e. The van der Waals surface area contributed by atoms with Gasteiger partial charge in [-0.1, -0.05) is 97.9 Å². The highest BCUT2D eigenvalue weighted by Gasteiger charge is 2.64. The van der Waals surface area contributed by atoms with Gasteiger partial charge in [0.05, 0.1) is 19.1 Å².